The van der Waals surface area contributed by atoms with E-state index in [9.17, 15) is 18.0 Å². The van der Waals surface area contributed by atoms with Gasteiger partial charge in [0.2, 0.25) is 10.0 Å². The Hall–Kier alpha value is -2.42. The Balaban J connectivity index is 1.97. The number of nitrogens with one attached hydrogen (secondary N) is 1. The van der Waals surface area contributed by atoms with E-state index in [4.69, 9.17) is 21.5 Å². The average molecular weight is 397 g/mol. The molecule has 2 aromatic rings. The summed E-state index contributed by atoms with van der Waals surface area (Å²) in [5, 5.41) is 7.95. The summed E-state index contributed by atoms with van der Waals surface area (Å²) in [6.07, 6.45) is -1.15. The molecule has 1 amide bonds. The van der Waals surface area contributed by atoms with Crippen LogP contribution in [0.4, 0.5) is 5.69 Å². The highest BCUT2D eigenvalue weighted by Crippen LogP contribution is 2.17. The van der Waals surface area contributed by atoms with Crippen molar-refractivity contribution < 1.29 is 22.7 Å². The summed E-state index contributed by atoms with van der Waals surface area (Å²) in [5.74, 6) is -1.22. The number of hydrogen-bond donors (Lipinski definition) is 2. The number of sulfonamides is 1. The Labute approximate surface area is 156 Å². The molecule has 1 atom stereocenters. The Morgan fingerprint density at radius 2 is 1.88 bits per heavy atom. The first-order valence-corrected chi connectivity index (χ1v) is 9.46. The second-order valence-corrected chi connectivity index (χ2v) is 7.43. The maximum Gasteiger partial charge on any atom is 0.311 e. The SMILES string of the molecule is C[C@@H](OC(=O)Cc1ccccc1Cl)C(=O)Nc1cccc(S(N)(=O)=O)c1. The van der Waals surface area contributed by atoms with Gasteiger partial charge in [0.25, 0.3) is 5.91 Å². The highest BCUT2D eigenvalue weighted by molar-refractivity contribution is 7.89. The van der Waals surface area contributed by atoms with Gasteiger partial charge in [-0.05, 0) is 36.8 Å². The molecule has 138 valence electrons. The molecule has 0 saturated carbocycles. The van der Waals surface area contributed by atoms with Crippen LogP contribution in [0.25, 0.3) is 0 Å². The lowest BCUT2D eigenvalue weighted by molar-refractivity contribution is -0.152. The lowest BCUT2D eigenvalue weighted by atomic mass is 10.1. The fourth-order valence-electron chi connectivity index (χ4n) is 2.08. The zero-order valence-electron chi connectivity index (χ0n) is 13.8. The van der Waals surface area contributed by atoms with Crippen LogP contribution in [0.15, 0.2) is 53.4 Å². The zero-order chi connectivity index (χ0) is 19.3. The van der Waals surface area contributed by atoms with Crippen LogP contribution >= 0.6 is 11.6 Å². The molecule has 0 aliphatic heterocycles. The van der Waals surface area contributed by atoms with Crippen molar-refractivity contribution in [3.63, 3.8) is 0 Å². The topological polar surface area (TPSA) is 116 Å². The normalized spacial score (nSPS) is 12.3. The molecule has 7 nitrogen and oxygen atoms in total. The molecule has 0 bridgehead atoms. The molecule has 9 heteroatoms. The van der Waals surface area contributed by atoms with Gasteiger partial charge in [-0.15, -0.1) is 0 Å². The van der Waals surface area contributed by atoms with E-state index in [1.165, 1.54) is 31.2 Å². The van der Waals surface area contributed by atoms with Crippen LogP contribution in [0.3, 0.4) is 0 Å². The summed E-state index contributed by atoms with van der Waals surface area (Å²) in [6.45, 7) is 1.41. The number of ether oxygens (including phenoxy) is 1. The number of rotatable bonds is 6. The van der Waals surface area contributed by atoms with E-state index in [1.807, 2.05) is 0 Å². The van der Waals surface area contributed by atoms with E-state index in [1.54, 1.807) is 24.3 Å². The third kappa shape index (κ3) is 5.55. The van der Waals surface area contributed by atoms with Crippen LogP contribution in [0.2, 0.25) is 5.02 Å². The van der Waals surface area contributed by atoms with E-state index in [2.05, 4.69) is 5.32 Å². The van der Waals surface area contributed by atoms with Gasteiger partial charge < -0.3 is 10.1 Å². The second-order valence-electron chi connectivity index (χ2n) is 5.46. The van der Waals surface area contributed by atoms with Crippen molar-refractivity contribution >= 4 is 39.2 Å². The summed E-state index contributed by atoms with van der Waals surface area (Å²) < 4.78 is 27.8. The monoisotopic (exact) mass is 396 g/mol. The molecule has 0 saturated heterocycles. The summed E-state index contributed by atoms with van der Waals surface area (Å²) >= 11 is 5.98. The molecule has 0 aliphatic rings. The maximum absolute atomic E-state index is 12.1. The van der Waals surface area contributed by atoms with Gasteiger partial charge in [-0.25, -0.2) is 13.6 Å². The van der Waals surface area contributed by atoms with Gasteiger partial charge in [-0.3, -0.25) is 9.59 Å². The summed E-state index contributed by atoms with van der Waals surface area (Å²) in [6, 6.07) is 12.3. The van der Waals surface area contributed by atoms with E-state index < -0.39 is 28.0 Å². The van der Waals surface area contributed by atoms with Crippen LogP contribution in [0.5, 0.6) is 0 Å². The Bertz CT molecular complexity index is 930. The van der Waals surface area contributed by atoms with Crippen LogP contribution in [-0.2, 0) is 30.8 Å². The molecule has 0 aliphatic carbocycles. The first-order valence-electron chi connectivity index (χ1n) is 7.53. The fourth-order valence-corrected chi connectivity index (χ4v) is 2.85. The molecular formula is C17H17ClN2O5S. The van der Waals surface area contributed by atoms with Crippen molar-refractivity contribution in [1.29, 1.82) is 0 Å². The van der Waals surface area contributed by atoms with Crippen molar-refractivity contribution in [1.82, 2.24) is 0 Å². The van der Waals surface area contributed by atoms with Gasteiger partial charge in [-0.2, -0.15) is 0 Å². The molecule has 0 spiro atoms. The van der Waals surface area contributed by atoms with E-state index in [-0.39, 0.29) is 17.0 Å². The minimum absolute atomic E-state index is 0.0712. The molecule has 0 heterocycles. The number of halogens is 1. The average Bonchev–Trinajstić information content (AvgIpc) is 2.56. The van der Waals surface area contributed by atoms with Crippen molar-refractivity contribution in [2.24, 2.45) is 5.14 Å². The summed E-state index contributed by atoms with van der Waals surface area (Å²) in [5.41, 5.74) is 0.808. The van der Waals surface area contributed by atoms with E-state index >= 15 is 0 Å². The van der Waals surface area contributed by atoms with Gasteiger partial charge in [0, 0.05) is 10.7 Å². The molecule has 2 aromatic carbocycles. The first-order chi connectivity index (χ1) is 12.2. The third-order valence-corrected chi connectivity index (χ3v) is 4.68. The van der Waals surface area contributed by atoms with Crippen LogP contribution in [-0.4, -0.2) is 26.4 Å². The predicted octanol–water partition coefficient (Wildman–Crippen LogP) is 2.10. The third-order valence-electron chi connectivity index (χ3n) is 3.40. The molecule has 2 rings (SSSR count). The minimum Gasteiger partial charge on any atom is -0.452 e. The molecule has 3 N–H and O–H groups in total. The number of hydrogen-bond acceptors (Lipinski definition) is 5. The number of carbonyl (C=O) groups excluding carboxylic acids is 2. The first kappa shape index (κ1) is 19.9. The predicted molar refractivity (Wildman–Crippen MR) is 97.2 cm³/mol. The molecule has 0 unspecified atom stereocenters. The standard InChI is InChI=1S/C17H17ClN2O5S/c1-11(25-16(21)9-12-5-2-3-8-15(12)18)17(22)20-13-6-4-7-14(10-13)26(19,23)24/h2-8,10-11H,9H2,1H3,(H,20,22)(H2,19,23,24)/t11-/m1/s1. The number of benzene rings is 2. The smallest absolute Gasteiger partial charge is 0.311 e. The number of carbonyl (C=O) groups is 2. The molecule has 0 aromatic heterocycles. The van der Waals surface area contributed by atoms with E-state index in [0.717, 1.165) is 0 Å². The van der Waals surface area contributed by atoms with Crippen LogP contribution < -0.4 is 10.5 Å². The van der Waals surface area contributed by atoms with Gasteiger partial charge in [0.05, 0.1) is 11.3 Å². The number of primary sulfonamides is 1. The van der Waals surface area contributed by atoms with E-state index in [0.29, 0.717) is 10.6 Å². The van der Waals surface area contributed by atoms with Crippen molar-refractivity contribution in [2.45, 2.75) is 24.3 Å². The van der Waals surface area contributed by atoms with Gasteiger partial charge in [0.15, 0.2) is 6.10 Å². The van der Waals surface area contributed by atoms with Gasteiger partial charge in [-0.1, -0.05) is 35.9 Å². The minimum atomic E-state index is -3.89. The van der Waals surface area contributed by atoms with Gasteiger partial charge in [0.1, 0.15) is 0 Å². The van der Waals surface area contributed by atoms with Crippen molar-refractivity contribution in [2.75, 3.05) is 5.32 Å². The van der Waals surface area contributed by atoms with Crippen LogP contribution in [0, 0.1) is 0 Å². The lowest BCUT2D eigenvalue weighted by Gasteiger charge is -2.14. The lowest BCUT2D eigenvalue weighted by Crippen LogP contribution is -2.30. The highest BCUT2D eigenvalue weighted by Gasteiger charge is 2.19. The molecule has 26 heavy (non-hydrogen) atoms. The van der Waals surface area contributed by atoms with Crippen LogP contribution in [0.1, 0.15) is 12.5 Å². The second kappa shape index (κ2) is 8.31. The zero-order valence-corrected chi connectivity index (χ0v) is 15.4. The largest absolute Gasteiger partial charge is 0.452 e. The summed E-state index contributed by atoms with van der Waals surface area (Å²) in [7, 11) is -3.89. The quantitative estimate of drug-likeness (QED) is 0.725. The Morgan fingerprint density at radius 3 is 2.54 bits per heavy atom. The molecule has 0 fully saturated rings. The number of nitrogens with two attached hydrogens (primary N) is 1. The molecule has 0 radical (unpaired) electrons. The number of amides is 1. The highest BCUT2D eigenvalue weighted by atomic mass is 35.5. The van der Waals surface area contributed by atoms with Crippen molar-refractivity contribution in [3.8, 4) is 0 Å². The fraction of sp³-hybridized carbons (Fsp3) is 0.176. The molecular weight excluding hydrogens is 380 g/mol. The number of anilines is 1. The van der Waals surface area contributed by atoms with Gasteiger partial charge >= 0.3 is 5.97 Å². The maximum atomic E-state index is 12.1. The number of esters is 1. The summed E-state index contributed by atoms with van der Waals surface area (Å²) in [4.78, 5) is 24.0. The Morgan fingerprint density at radius 1 is 1.19 bits per heavy atom. The van der Waals surface area contributed by atoms with Crippen molar-refractivity contribution in [3.05, 3.63) is 59.1 Å². The Kier molecular flexibility index (Phi) is 6.36.